The van der Waals surface area contributed by atoms with Crippen molar-refractivity contribution in [3.8, 4) is 0 Å². The molecule has 2 aromatic heterocycles. The number of carbonyl (C=O) groups excluding carboxylic acids is 1. The Bertz CT molecular complexity index is 776. The molecule has 148 valence electrons. The lowest BCUT2D eigenvalue weighted by molar-refractivity contribution is 0.00860. The van der Waals surface area contributed by atoms with Crippen molar-refractivity contribution in [3.63, 3.8) is 0 Å². The highest BCUT2D eigenvalue weighted by Crippen LogP contribution is 2.23. The summed E-state index contributed by atoms with van der Waals surface area (Å²) in [6.45, 7) is 7.57. The molecule has 0 unspecified atom stereocenters. The first-order valence-corrected chi connectivity index (χ1v) is 9.87. The zero-order chi connectivity index (χ0) is 19.4. The molecular weight excluding hydrogens is 342 g/mol. The van der Waals surface area contributed by atoms with Crippen molar-refractivity contribution in [2.75, 3.05) is 13.7 Å². The van der Waals surface area contributed by atoms with Gasteiger partial charge in [0, 0.05) is 31.6 Å². The Morgan fingerprint density at radius 3 is 2.74 bits per heavy atom. The zero-order valence-corrected chi connectivity index (χ0v) is 16.8. The Balaban J connectivity index is 1.64. The van der Waals surface area contributed by atoms with Gasteiger partial charge in [0.15, 0.2) is 0 Å². The Morgan fingerprint density at radius 1 is 1.33 bits per heavy atom. The number of aryl methyl sites for hydroxylation is 1. The number of aromatic nitrogens is 2. The number of nitrogens with zero attached hydrogens (tertiary/aromatic N) is 2. The molecule has 0 bridgehead atoms. The Labute approximate surface area is 161 Å². The van der Waals surface area contributed by atoms with Crippen LogP contribution in [0, 0.1) is 12.8 Å². The quantitative estimate of drug-likeness (QED) is 0.807. The number of carbonyl (C=O) groups is 1. The topological polar surface area (TPSA) is 64.9 Å². The Morgan fingerprint density at radius 2 is 2.07 bits per heavy atom. The lowest BCUT2D eigenvalue weighted by Gasteiger charge is -2.29. The molecule has 0 atom stereocenters. The maximum Gasteiger partial charge on any atom is 0.255 e. The van der Waals surface area contributed by atoms with Gasteiger partial charge in [-0.05, 0) is 50.7 Å². The Kier molecular flexibility index (Phi) is 6.50. The first-order chi connectivity index (χ1) is 13.0. The average molecular weight is 373 g/mol. The number of fused-ring (bicyclic) bond motifs is 1. The molecule has 27 heavy (non-hydrogen) atoms. The number of nitrogens with one attached hydrogen (secondary N) is 1. The lowest BCUT2D eigenvalue weighted by Crippen LogP contribution is -2.39. The third kappa shape index (κ3) is 4.87. The van der Waals surface area contributed by atoms with Crippen molar-refractivity contribution in [2.45, 2.75) is 65.2 Å². The van der Waals surface area contributed by atoms with E-state index in [0.717, 1.165) is 43.7 Å². The average Bonchev–Trinajstić information content (AvgIpc) is 3.05. The molecular formula is C21H31N3O3. The van der Waals surface area contributed by atoms with Crippen molar-refractivity contribution >= 4 is 11.6 Å². The fraction of sp³-hybridized carbons (Fsp3) is 0.619. The largest absolute Gasteiger partial charge is 0.378 e. The van der Waals surface area contributed by atoms with Crippen molar-refractivity contribution in [1.29, 1.82) is 0 Å². The van der Waals surface area contributed by atoms with E-state index >= 15 is 0 Å². The van der Waals surface area contributed by atoms with Gasteiger partial charge in [0.2, 0.25) is 0 Å². The van der Waals surface area contributed by atoms with Crippen LogP contribution in [0.3, 0.4) is 0 Å². The van der Waals surface area contributed by atoms with E-state index < -0.39 is 0 Å². The SMILES string of the molecule is COCc1cc(C)nc2c(C(=O)N[C@H]3CC[C@H](OCC(C)C)CC3)ccn12. The van der Waals surface area contributed by atoms with Gasteiger partial charge in [-0.15, -0.1) is 0 Å². The summed E-state index contributed by atoms with van der Waals surface area (Å²) in [4.78, 5) is 17.4. The number of hydrogen-bond donors (Lipinski definition) is 1. The van der Waals surface area contributed by atoms with Gasteiger partial charge in [0.05, 0.1) is 24.0 Å². The van der Waals surface area contributed by atoms with Crippen LogP contribution >= 0.6 is 0 Å². The minimum absolute atomic E-state index is 0.0504. The van der Waals surface area contributed by atoms with E-state index in [1.807, 2.05) is 29.7 Å². The third-order valence-corrected chi connectivity index (χ3v) is 5.04. The molecule has 6 nitrogen and oxygen atoms in total. The molecule has 1 aliphatic carbocycles. The molecule has 1 N–H and O–H groups in total. The second-order valence-corrected chi connectivity index (χ2v) is 7.92. The molecule has 0 saturated heterocycles. The highest BCUT2D eigenvalue weighted by atomic mass is 16.5. The summed E-state index contributed by atoms with van der Waals surface area (Å²) >= 11 is 0. The van der Waals surface area contributed by atoms with Gasteiger partial charge in [-0.25, -0.2) is 4.98 Å². The maximum atomic E-state index is 12.8. The molecule has 1 saturated carbocycles. The summed E-state index contributed by atoms with van der Waals surface area (Å²) in [5.74, 6) is 0.509. The summed E-state index contributed by atoms with van der Waals surface area (Å²) in [6.07, 6.45) is 6.15. The van der Waals surface area contributed by atoms with Gasteiger partial charge in [-0.3, -0.25) is 4.79 Å². The molecule has 0 aromatic carbocycles. The van der Waals surface area contributed by atoms with Crippen LogP contribution in [0.2, 0.25) is 0 Å². The molecule has 0 radical (unpaired) electrons. The predicted octanol–water partition coefficient (Wildman–Crippen LogP) is 3.50. The fourth-order valence-corrected chi connectivity index (χ4v) is 3.68. The zero-order valence-electron chi connectivity index (χ0n) is 16.8. The summed E-state index contributed by atoms with van der Waals surface area (Å²) < 4.78 is 13.1. The summed E-state index contributed by atoms with van der Waals surface area (Å²) in [5, 5.41) is 3.19. The molecule has 1 aliphatic rings. The van der Waals surface area contributed by atoms with E-state index in [1.165, 1.54) is 0 Å². The molecule has 0 spiro atoms. The lowest BCUT2D eigenvalue weighted by atomic mass is 9.92. The molecule has 6 heteroatoms. The van der Waals surface area contributed by atoms with Gasteiger partial charge >= 0.3 is 0 Å². The number of rotatable bonds is 7. The number of methoxy groups -OCH3 is 1. The smallest absolute Gasteiger partial charge is 0.255 e. The van der Waals surface area contributed by atoms with E-state index in [1.54, 1.807) is 7.11 Å². The van der Waals surface area contributed by atoms with Crippen LogP contribution in [0.5, 0.6) is 0 Å². The maximum absolute atomic E-state index is 12.8. The van der Waals surface area contributed by atoms with Crippen LogP contribution in [-0.2, 0) is 16.1 Å². The first-order valence-electron chi connectivity index (χ1n) is 9.87. The van der Waals surface area contributed by atoms with Crippen LogP contribution < -0.4 is 5.32 Å². The van der Waals surface area contributed by atoms with Gasteiger partial charge in [0.1, 0.15) is 5.65 Å². The standard InChI is InChI=1S/C21H31N3O3/c1-14(2)12-27-18-7-5-16(6-8-18)23-21(25)19-9-10-24-17(13-26-4)11-15(3)22-20(19)24/h9-11,14,16,18H,5-8,12-13H2,1-4H3,(H,23,25)/t16-,18-. The van der Waals surface area contributed by atoms with Crippen LogP contribution in [0.1, 0.15) is 61.3 Å². The van der Waals surface area contributed by atoms with Crippen molar-refractivity contribution < 1.29 is 14.3 Å². The number of amides is 1. The minimum atomic E-state index is -0.0504. The first kappa shape index (κ1) is 19.8. The van der Waals surface area contributed by atoms with E-state index in [-0.39, 0.29) is 11.9 Å². The van der Waals surface area contributed by atoms with Crippen LogP contribution in [0.25, 0.3) is 5.65 Å². The van der Waals surface area contributed by atoms with E-state index in [9.17, 15) is 4.79 Å². The summed E-state index contributed by atoms with van der Waals surface area (Å²) in [5.41, 5.74) is 3.18. The monoisotopic (exact) mass is 373 g/mol. The Hall–Kier alpha value is -1.92. The van der Waals surface area contributed by atoms with E-state index in [4.69, 9.17) is 9.47 Å². The second-order valence-electron chi connectivity index (χ2n) is 7.92. The van der Waals surface area contributed by atoms with Gasteiger partial charge in [-0.2, -0.15) is 0 Å². The van der Waals surface area contributed by atoms with Gasteiger partial charge in [-0.1, -0.05) is 13.8 Å². The van der Waals surface area contributed by atoms with Crippen molar-refractivity contribution in [2.24, 2.45) is 5.92 Å². The highest BCUT2D eigenvalue weighted by Gasteiger charge is 2.24. The normalized spacial score (nSPS) is 20.3. The molecule has 1 fully saturated rings. The highest BCUT2D eigenvalue weighted by molar-refractivity contribution is 6.00. The third-order valence-electron chi connectivity index (χ3n) is 5.04. The molecule has 3 rings (SSSR count). The molecule has 2 aromatic rings. The fourth-order valence-electron chi connectivity index (χ4n) is 3.68. The molecule has 0 aliphatic heterocycles. The molecule has 2 heterocycles. The van der Waals surface area contributed by atoms with Crippen LogP contribution in [0.15, 0.2) is 18.3 Å². The molecule has 1 amide bonds. The predicted molar refractivity (Wildman–Crippen MR) is 105 cm³/mol. The van der Waals surface area contributed by atoms with E-state index in [0.29, 0.717) is 29.8 Å². The summed E-state index contributed by atoms with van der Waals surface area (Å²) in [7, 11) is 1.67. The number of ether oxygens (including phenoxy) is 2. The van der Waals surface area contributed by atoms with Crippen molar-refractivity contribution in [1.82, 2.24) is 14.7 Å². The van der Waals surface area contributed by atoms with Crippen LogP contribution in [0.4, 0.5) is 0 Å². The van der Waals surface area contributed by atoms with Crippen LogP contribution in [-0.4, -0.2) is 41.2 Å². The van der Waals surface area contributed by atoms with E-state index in [2.05, 4.69) is 24.1 Å². The van der Waals surface area contributed by atoms with Gasteiger partial charge < -0.3 is 19.2 Å². The minimum Gasteiger partial charge on any atom is -0.378 e. The summed E-state index contributed by atoms with van der Waals surface area (Å²) in [6, 6.07) is 4.03. The van der Waals surface area contributed by atoms with Crippen molar-refractivity contribution in [3.05, 3.63) is 35.3 Å². The van der Waals surface area contributed by atoms with Gasteiger partial charge in [0.25, 0.3) is 5.91 Å². The number of hydrogen-bond acceptors (Lipinski definition) is 4. The second kappa shape index (κ2) is 8.85.